The predicted molar refractivity (Wildman–Crippen MR) is 54.5 cm³/mol. The lowest BCUT2D eigenvalue weighted by Crippen LogP contribution is -2.15. The maximum Gasteiger partial charge on any atom is 0.294 e. The van der Waals surface area contributed by atoms with Gasteiger partial charge in [-0.15, -0.1) is 5.10 Å². The Hall–Kier alpha value is -0.720. The van der Waals surface area contributed by atoms with Crippen molar-refractivity contribution in [1.82, 2.24) is 15.1 Å². The second-order valence-corrected chi connectivity index (χ2v) is 4.15. The lowest BCUT2D eigenvalue weighted by atomic mass is 10.4. The molecule has 80 valence electrons. The van der Waals surface area contributed by atoms with Gasteiger partial charge < -0.3 is 14.7 Å². The zero-order valence-electron chi connectivity index (χ0n) is 8.43. The van der Waals surface area contributed by atoms with Crippen LogP contribution in [-0.2, 0) is 6.61 Å². The largest absolute Gasteiger partial charge is 0.469 e. The van der Waals surface area contributed by atoms with Crippen LogP contribution in [0.4, 0.5) is 0 Å². The summed E-state index contributed by atoms with van der Waals surface area (Å²) in [6, 6.07) is 0. The molecule has 0 atom stereocenters. The first-order valence-electron chi connectivity index (χ1n) is 4.43. The predicted octanol–water partition coefficient (Wildman–Crippen LogP) is 0.361. The molecular formula is C8H15N3O2S. The third kappa shape index (κ3) is 3.99. The first-order chi connectivity index (χ1) is 6.72. The molecule has 0 amide bonds. The van der Waals surface area contributed by atoms with Gasteiger partial charge in [-0.1, -0.05) is 16.4 Å². The van der Waals surface area contributed by atoms with E-state index in [-0.39, 0.29) is 6.61 Å². The van der Waals surface area contributed by atoms with Crippen LogP contribution in [-0.4, -0.2) is 47.5 Å². The van der Waals surface area contributed by atoms with Crippen LogP contribution in [0.3, 0.4) is 0 Å². The van der Waals surface area contributed by atoms with Gasteiger partial charge in [-0.2, -0.15) is 0 Å². The Balaban J connectivity index is 2.18. The van der Waals surface area contributed by atoms with Gasteiger partial charge in [0.25, 0.3) is 5.19 Å². The molecular weight excluding hydrogens is 202 g/mol. The minimum Gasteiger partial charge on any atom is -0.469 e. The highest BCUT2D eigenvalue weighted by Crippen LogP contribution is 2.17. The van der Waals surface area contributed by atoms with Crippen LogP contribution in [0.2, 0.25) is 0 Å². The number of hydrogen-bond acceptors (Lipinski definition) is 6. The zero-order chi connectivity index (χ0) is 10.4. The molecule has 0 aliphatic rings. The Morgan fingerprint density at radius 3 is 2.79 bits per heavy atom. The summed E-state index contributed by atoms with van der Waals surface area (Å²) in [6.45, 7) is 1.56. The molecule has 0 bridgehead atoms. The molecule has 0 aromatic carbocycles. The summed E-state index contributed by atoms with van der Waals surface area (Å²) in [4.78, 5) is 2.10. The molecule has 0 unspecified atom stereocenters. The third-order valence-corrected chi connectivity index (χ3v) is 2.38. The third-order valence-electron chi connectivity index (χ3n) is 1.56. The van der Waals surface area contributed by atoms with E-state index in [9.17, 15) is 0 Å². The summed E-state index contributed by atoms with van der Waals surface area (Å²) < 4.78 is 5.35. The lowest BCUT2D eigenvalue weighted by molar-refractivity contribution is 0.276. The number of aliphatic hydroxyl groups excluding tert-OH is 1. The van der Waals surface area contributed by atoms with Crippen LogP contribution in [0.1, 0.15) is 11.4 Å². The smallest absolute Gasteiger partial charge is 0.294 e. The van der Waals surface area contributed by atoms with Gasteiger partial charge in [0.2, 0.25) is 0 Å². The van der Waals surface area contributed by atoms with E-state index in [0.717, 1.165) is 13.0 Å². The van der Waals surface area contributed by atoms with Crippen molar-refractivity contribution in [2.45, 2.75) is 13.0 Å². The van der Waals surface area contributed by atoms with E-state index < -0.39 is 0 Å². The van der Waals surface area contributed by atoms with Gasteiger partial charge in [-0.05, 0) is 20.5 Å². The van der Waals surface area contributed by atoms with Crippen molar-refractivity contribution in [2.24, 2.45) is 0 Å². The number of aromatic nitrogens is 2. The molecule has 0 spiro atoms. The summed E-state index contributed by atoms with van der Waals surface area (Å²) >= 11 is 1.28. The summed E-state index contributed by atoms with van der Waals surface area (Å²) in [6.07, 6.45) is 0.959. The van der Waals surface area contributed by atoms with Crippen molar-refractivity contribution in [3.63, 3.8) is 0 Å². The van der Waals surface area contributed by atoms with Crippen molar-refractivity contribution in [1.29, 1.82) is 0 Å². The molecule has 5 nitrogen and oxygen atoms in total. The van der Waals surface area contributed by atoms with Crippen LogP contribution >= 0.6 is 11.3 Å². The highest BCUT2D eigenvalue weighted by Gasteiger charge is 2.03. The summed E-state index contributed by atoms with van der Waals surface area (Å²) in [5, 5.41) is 17.4. The Bertz CT molecular complexity index is 265. The first kappa shape index (κ1) is 11.4. The zero-order valence-corrected chi connectivity index (χ0v) is 9.25. The van der Waals surface area contributed by atoms with Crippen LogP contribution in [0.5, 0.6) is 5.19 Å². The fourth-order valence-corrected chi connectivity index (χ4v) is 1.47. The molecule has 6 heteroatoms. The van der Waals surface area contributed by atoms with Crippen LogP contribution in [0.15, 0.2) is 0 Å². The van der Waals surface area contributed by atoms with E-state index in [1.807, 2.05) is 14.1 Å². The van der Waals surface area contributed by atoms with E-state index in [4.69, 9.17) is 9.84 Å². The SMILES string of the molecule is CN(C)CCCOc1nnc(CO)s1. The average molecular weight is 217 g/mol. The number of aliphatic hydroxyl groups is 1. The van der Waals surface area contributed by atoms with Gasteiger partial charge in [-0.3, -0.25) is 0 Å². The molecule has 0 aliphatic carbocycles. The van der Waals surface area contributed by atoms with Crippen molar-refractivity contribution >= 4 is 11.3 Å². The maximum atomic E-state index is 8.74. The highest BCUT2D eigenvalue weighted by atomic mass is 32.1. The fourth-order valence-electron chi connectivity index (χ4n) is 0.901. The molecule has 1 aromatic rings. The number of rotatable bonds is 6. The standard InChI is InChI=1S/C8H15N3O2S/c1-11(2)4-3-5-13-8-10-9-7(6-12)14-8/h12H,3-6H2,1-2H3. The van der Waals surface area contributed by atoms with Crippen LogP contribution in [0, 0.1) is 0 Å². The first-order valence-corrected chi connectivity index (χ1v) is 5.25. The summed E-state index contributed by atoms with van der Waals surface area (Å²) in [5.41, 5.74) is 0. The maximum absolute atomic E-state index is 8.74. The van der Waals surface area contributed by atoms with Crippen molar-refractivity contribution in [3.8, 4) is 5.19 Å². The number of hydrogen-bond donors (Lipinski definition) is 1. The molecule has 0 saturated heterocycles. The minimum absolute atomic E-state index is 0.0707. The van der Waals surface area contributed by atoms with Gasteiger partial charge in [0.15, 0.2) is 0 Å². The van der Waals surface area contributed by atoms with E-state index in [1.165, 1.54) is 11.3 Å². The van der Waals surface area contributed by atoms with E-state index >= 15 is 0 Å². The Morgan fingerprint density at radius 2 is 2.21 bits per heavy atom. The molecule has 0 fully saturated rings. The van der Waals surface area contributed by atoms with Gasteiger partial charge >= 0.3 is 0 Å². The molecule has 1 N–H and O–H groups in total. The van der Waals surface area contributed by atoms with Crippen LogP contribution < -0.4 is 4.74 Å². The normalized spacial score (nSPS) is 10.9. The monoisotopic (exact) mass is 217 g/mol. The average Bonchev–Trinajstić information content (AvgIpc) is 2.60. The van der Waals surface area contributed by atoms with Crippen LogP contribution in [0.25, 0.3) is 0 Å². The molecule has 1 heterocycles. The molecule has 1 rings (SSSR count). The van der Waals surface area contributed by atoms with Crippen molar-refractivity contribution in [3.05, 3.63) is 5.01 Å². The highest BCUT2D eigenvalue weighted by molar-refractivity contribution is 7.13. The van der Waals surface area contributed by atoms with E-state index in [0.29, 0.717) is 16.8 Å². The van der Waals surface area contributed by atoms with E-state index in [2.05, 4.69) is 15.1 Å². The second kappa shape index (κ2) is 5.90. The van der Waals surface area contributed by atoms with E-state index in [1.54, 1.807) is 0 Å². The van der Waals surface area contributed by atoms with Crippen molar-refractivity contribution in [2.75, 3.05) is 27.2 Å². The molecule has 0 radical (unpaired) electrons. The lowest BCUT2D eigenvalue weighted by Gasteiger charge is -2.08. The van der Waals surface area contributed by atoms with Gasteiger partial charge in [0.1, 0.15) is 5.01 Å². The Morgan fingerprint density at radius 1 is 1.43 bits per heavy atom. The van der Waals surface area contributed by atoms with Crippen molar-refractivity contribution < 1.29 is 9.84 Å². The Labute approximate surface area is 87.3 Å². The summed E-state index contributed by atoms with van der Waals surface area (Å²) in [7, 11) is 4.05. The van der Waals surface area contributed by atoms with Gasteiger partial charge in [0, 0.05) is 6.54 Å². The fraction of sp³-hybridized carbons (Fsp3) is 0.750. The Kier molecular flexibility index (Phi) is 4.78. The quantitative estimate of drug-likeness (QED) is 0.697. The molecule has 14 heavy (non-hydrogen) atoms. The minimum atomic E-state index is -0.0707. The molecule has 0 saturated carbocycles. The van der Waals surface area contributed by atoms with Gasteiger partial charge in [-0.25, -0.2) is 0 Å². The number of ether oxygens (including phenoxy) is 1. The topological polar surface area (TPSA) is 58.5 Å². The second-order valence-electron chi connectivity index (χ2n) is 3.13. The number of nitrogens with zero attached hydrogens (tertiary/aromatic N) is 3. The van der Waals surface area contributed by atoms with Gasteiger partial charge in [0.05, 0.1) is 13.2 Å². The molecule has 0 aliphatic heterocycles. The molecule has 1 aromatic heterocycles. The summed E-state index contributed by atoms with van der Waals surface area (Å²) in [5.74, 6) is 0.